The summed E-state index contributed by atoms with van der Waals surface area (Å²) in [6.45, 7) is 7.47. The predicted molar refractivity (Wildman–Crippen MR) is 95.7 cm³/mol. The number of halogens is 1. The Balaban J connectivity index is 2.13. The van der Waals surface area contributed by atoms with Crippen LogP contribution in [0.4, 0.5) is 0 Å². The number of benzene rings is 1. The zero-order chi connectivity index (χ0) is 16.6. The van der Waals surface area contributed by atoms with Crippen molar-refractivity contribution in [1.29, 1.82) is 0 Å². The Labute approximate surface area is 146 Å². The maximum atomic E-state index is 12.5. The van der Waals surface area contributed by atoms with Crippen molar-refractivity contribution in [2.45, 2.75) is 33.9 Å². The molecule has 3 aromatic rings. The first kappa shape index (κ1) is 16.1. The molecule has 0 radical (unpaired) electrons. The fraction of sp³-hybridized carbons (Fsp3) is 0.312. The zero-order valence-electron chi connectivity index (χ0n) is 13.2. The van der Waals surface area contributed by atoms with E-state index in [2.05, 4.69) is 26.0 Å². The maximum absolute atomic E-state index is 12.5. The van der Waals surface area contributed by atoms with Gasteiger partial charge in [-0.15, -0.1) is 0 Å². The molecule has 3 rings (SSSR count). The monoisotopic (exact) mass is 392 g/mol. The zero-order valence-corrected chi connectivity index (χ0v) is 15.6. The highest BCUT2D eigenvalue weighted by Crippen LogP contribution is 2.25. The van der Waals surface area contributed by atoms with Gasteiger partial charge in [0.1, 0.15) is 0 Å². The predicted octanol–water partition coefficient (Wildman–Crippen LogP) is 3.75. The van der Waals surface area contributed by atoms with Crippen LogP contribution in [0.1, 0.15) is 30.0 Å². The van der Waals surface area contributed by atoms with E-state index in [9.17, 15) is 4.79 Å². The van der Waals surface area contributed by atoms with Gasteiger partial charge in [-0.3, -0.25) is 9.48 Å². The minimum absolute atomic E-state index is 0.301. The van der Waals surface area contributed by atoms with Crippen molar-refractivity contribution in [2.75, 3.05) is 0 Å². The molecule has 0 aliphatic carbocycles. The molecule has 120 valence electrons. The standard InChI is InChI=1S/C16H17BrN4OS/c1-4-20-14-11(17)7-6-8-13(14)23-16(20)18-15(22)12-9-10(3)21(5-2)19-12/h6-9H,4-5H2,1-3H3. The van der Waals surface area contributed by atoms with Crippen LogP contribution in [-0.2, 0) is 13.1 Å². The van der Waals surface area contributed by atoms with Crippen LogP contribution in [0.2, 0.25) is 0 Å². The number of rotatable bonds is 3. The van der Waals surface area contributed by atoms with E-state index in [1.165, 1.54) is 11.3 Å². The van der Waals surface area contributed by atoms with Crippen LogP contribution in [0.3, 0.4) is 0 Å². The van der Waals surface area contributed by atoms with Crippen LogP contribution >= 0.6 is 27.3 Å². The van der Waals surface area contributed by atoms with Crippen LogP contribution in [0.5, 0.6) is 0 Å². The third-order valence-corrected chi connectivity index (χ3v) is 5.35. The maximum Gasteiger partial charge on any atom is 0.300 e. The Morgan fingerprint density at radius 1 is 1.35 bits per heavy atom. The Hall–Kier alpha value is -1.73. The number of carbonyl (C=O) groups is 1. The largest absolute Gasteiger partial charge is 0.316 e. The number of nitrogens with zero attached hydrogens (tertiary/aromatic N) is 4. The van der Waals surface area contributed by atoms with Crippen LogP contribution in [0.15, 0.2) is 33.7 Å². The van der Waals surface area contributed by atoms with E-state index in [-0.39, 0.29) is 5.91 Å². The van der Waals surface area contributed by atoms with Crippen molar-refractivity contribution in [3.05, 3.63) is 44.9 Å². The summed E-state index contributed by atoms with van der Waals surface area (Å²) in [4.78, 5) is 17.5. The fourth-order valence-electron chi connectivity index (χ4n) is 2.54. The Bertz CT molecular complexity index is 951. The first-order valence-electron chi connectivity index (χ1n) is 7.46. The van der Waals surface area contributed by atoms with Crippen LogP contribution in [0.25, 0.3) is 10.2 Å². The molecule has 0 spiro atoms. The summed E-state index contributed by atoms with van der Waals surface area (Å²) in [7, 11) is 0. The number of hydrogen-bond acceptors (Lipinski definition) is 3. The highest BCUT2D eigenvalue weighted by molar-refractivity contribution is 9.10. The number of amides is 1. The van der Waals surface area contributed by atoms with Gasteiger partial charge in [-0.1, -0.05) is 17.4 Å². The molecule has 0 unspecified atom stereocenters. The van der Waals surface area contributed by atoms with E-state index in [0.29, 0.717) is 10.5 Å². The molecule has 0 atom stereocenters. The average Bonchev–Trinajstić information content (AvgIpc) is 3.08. The molecule has 0 saturated heterocycles. The number of para-hydroxylation sites is 1. The van der Waals surface area contributed by atoms with Gasteiger partial charge in [0.15, 0.2) is 10.5 Å². The van der Waals surface area contributed by atoms with Crippen molar-refractivity contribution in [3.63, 3.8) is 0 Å². The van der Waals surface area contributed by atoms with Gasteiger partial charge in [-0.2, -0.15) is 10.1 Å². The minimum Gasteiger partial charge on any atom is -0.316 e. The van der Waals surface area contributed by atoms with Gasteiger partial charge in [0.2, 0.25) is 0 Å². The van der Waals surface area contributed by atoms with E-state index in [1.54, 1.807) is 10.7 Å². The van der Waals surface area contributed by atoms with Gasteiger partial charge in [0, 0.05) is 23.3 Å². The lowest BCUT2D eigenvalue weighted by molar-refractivity contribution is 0.0992. The number of thiazole rings is 1. The van der Waals surface area contributed by atoms with Gasteiger partial charge in [-0.05, 0) is 54.9 Å². The van der Waals surface area contributed by atoms with Gasteiger partial charge in [0.05, 0.1) is 10.2 Å². The van der Waals surface area contributed by atoms with E-state index < -0.39 is 0 Å². The highest BCUT2D eigenvalue weighted by atomic mass is 79.9. The molecule has 0 aliphatic heterocycles. The SMILES string of the molecule is CCn1nc(C(=O)N=c2sc3cccc(Br)c3n2CC)cc1C. The minimum atomic E-state index is -0.301. The van der Waals surface area contributed by atoms with Crippen LogP contribution < -0.4 is 4.80 Å². The number of fused-ring (bicyclic) bond motifs is 1. The van der Waals surface area contributed by atoms with Crippen molar-refractivity contribution >= 4 is 43.4 Å². The molecule has 1 aromatic carbocycles. The number of aromatic nitrogens is 3. The van der Waals surface area contributed by atoms with Crippen molar-refractivity contribution in [2.24, 2.45) is 4.99 Å². The molecule has 2 aromatic heterocycles. The normalized spacial score (nSPS) is 12.3. The molecular weight excluding hydrogens is 376 g/mol. The smallest absolute Gasteiger partial charge is 0.300 e. The summed E-state index contributed by atoms with van der Waals surface area (Å²) < 4.78 is 5.96. The lowest BCUT2D eigenvalue weighted by Gasteiger charge is -2.01. The number of carbonyl (C=O) groups excluding carboxylic acids is 1. The van der Waals surface area contributed by atoms with Crippen molar-refractivity contribution in [3.8, 4) is 0 Å². The lowest BCUT2D eigenvalue weighted by Crippen LogP contribution is -2.16. The molecule has 0 N–H and O–H groups in total. The first-order chi connectivity index (χ1) is 11.0. The lowest BCUT2D eigenvalue weighted by atomic mass is 10.3. The van der Waals surface area contributed by atoms with E-state index in [4.69, 9.17) is 0 Å². The Morgan fingerprint density at radius 2 is 2.13 bits per heavy atom. The molecule has 0 saturated carbocycles. The molecule has 23 heavy (non-hydrogen) atoms. The first-order valence-corrected chi connectivity index (χ1v) is 9.07. The van der Waals surface area contributed by atoms with Crippen molar-refractivity contribution < 1.29 is 4.79 Å². The average molecular weight is 393 g/mol. The molecule has 1 amide bonds. The molecule has 0 bridgehead atoms. The summed E-state index contributed by atoms with van der Waals surface area (Å²) in [5.41, 5.74) is 2.43. The van der Waals surface area contributed by atoms with E-state index in [1.807, 2.05) is 43.5 Å². The summed E-state index contributed by atoms with van der Waals surface area (Å²) in [6.07, 6.45) is 0. The van der Waals surface area contributed by atoms with E-state index in [0.717, 1.165) is 33.5 Å². The van der Waals surface area contributed by atoms with E-state index >= 15 is 0 Å². The topological polar surface area (TPSA) is 52.2 Å². The van der Waals surface area contributed by atoms with Gasteiger partial charge in [0.25, 0.3) is 5.91 Å². The van der Waals surface area contributed by atoms with Crippen LogP contribution in [0, 0.1) is 6.92 Å². The summed E-state index contributed by atoms with van der Waals surface area (Å²) in [5.74, 6) is -0.301. The summed E-state index contributed by atoms with van der Waals surface area (Å²) in [5, 5.41) is 4.31. The molecule has 0 fully saturated rings. The van der Waals surface area contributed by atoms with Gasteiger partial charge in [-0.25, -0.2) is 0 Å². The second kappa shape index (κ2) is 6.41. The fourth-order valence-corrected chi connectivity index (χ4v) is 4.38. The molecule has 5 nitrogen and oxygen atoms in total. The van der Waals surface area contributed by atoms with Gasteiger partial charge < -0.3 is 4.57 Å². The second-order valence-electron chi connectivity index (χ2n) is 5.12. The van der Waals surface area contributed by atoms with Crippen molar-refractivity contribution in [1.82, 2.24) is 14.3 Å². The Morgan fingerprint density at radius 3 is 2.78 bits per heavy atom. The molecule has 2 heterocycles. The number of hydrogen-bond donors (Lipinski definition) is 0. The third kappa shape index (κ3) is 2.90. The van der Waals surface area contributed by atoms with Gasteiger partial charge >= 0.3 is 0 Å². The van der Waals surface area contributed by atoms with Crippen LogP contribution in [-0.4, -0.2) is 20.3 Å². The third-order valence-electron chi connectivity index (χ3n) is 3.67. The molecule has 0 aliphatic rings. The highest BCUT2D eigenvalue weighted by Gasteiger charge is 2.13. The molecular formula is C16H17BrN4OS. The summed E-state index contributed by atoms with van der Waals surface area (Å²) >= 11 is 5.09. The summed E-state index contributed by atoms with van der Waals surface area (Å²) in [6, 6.07) is 7.81. The molecule has 7 heteroatoms. The second-order valence-corrected chi connectivity index (χ2v) is 6.98. The Kier molecular flexibility index (Phi) is 4.50. The quantitative estimate of drug-likeness (QED) is 0.681. The number of aryl methyl sites for hydroxylation is 3.